The molecule has 2 aliphatic rings. The molecule has 2 amide bonds. The number of rotatable bonds is 13. The van der Waals surface area contributed by atoms with E-state index in [2.05, 4.69) is 16.0 Å². The van der Waals surface area contributed by atoms with Gasteiger partial charge in [-0.2, -0.15) is 0 Å². The molecular weight excluding hydrogens is 648 g/mol. The van der Waals surface area contributed by atoms with Crippen LogP contribution in [0.5, 0.6) is 11.5 Å². The summed E-state index contributed by atoms with van der Waals surface area (Å²) in [5, 5.41) is 10.1. The average Bonchev–Trinajstić information content (AvgIpc) is 3.82. The number of hydrogen-bond donors (Lipinski definition) is 3. The highest BCUT2D eigenvalue weighted by atomic mass is 16.6. The van der Waals surface area contributed by atoms with Gasteiger partial charge in [0.2, 0.25) is 0 Å². The monoisotopic (exact) mass is 694 g/mol. The summed E-state index contributed by atoms with van der Waals surface area (Å²) in [6, 6.07) is 19.5. The van der Waals surface area contributed by atoms with Crippen LogP contribution in [0, 0.1) is 0 Å². The molecule has 11 nitrogen and oxygen atoms in total. The van der Waals surface area contributed by atoms with E-state index in [1.807, 2.05) is 60.8 Å². The predicted octanol–water partition coefficient (Wildman–Crippen LogP) is 8.26. The lowest BCUT2D eigenvalue weighted by Gasteiger charge is -2.24. The van der Waals surface area contributed by atoms with Gasteiger partial charge >= 0.3 is 12.1 Å². The molecule has 0 saturated heterocycles. The van der Waals surface area contributed by atoms with Crippen LogP contribution >= 0.6 is 0 Å². The van der Waals surface area contributed by atoms with Gasteiger partial charge < -0.3 is 34.9 Å². The number of aromatic nitrogens is 1. The summed E-state index contributed by atoms with van der Waals surface area (Å²) in [5.41, 5.74) is 4.18. The third-order valence-corrected chi connectivity index (χ3v) is 8.87. The molecule has 0 radical (unpaired) electrons. The maximum Gasteiger partial charge on any atom is 0.408 e. The van der Waals surface area contributed by atoms with Crippen LogP contribution in [0.1, 0.15) is 87.6 Å². The zero-order valence-corrected chi connectivity index (χ0v) is 29.6. The lowest BCUT2D eigenvalue weighted by atomic mass is 10.0. The molecule has 11 heteroatoms. The van der Waals surface area contributed by atoms with E-state index in [9.17, 15) is 14.4 Å². The standard InChI is InChI=1S/C40H46N4O7/c1-40(2,3)51-39(47)44-32(38(46)50-29-12-8-9-13-29)20-21-49-35-23-33-30(22-34(35)48-4)36(31(24-41-33)25-14-15-25)42-27-16-18-28(19-17-27)43-37(45)26-10-6-5-7-11-26/h5-7,10-11,16-19,22-25,29,32H,8-9,12-15,20-21H2,1-4H3,(H,41,42)(H,43,45)(H,44,47)/t32-/m0/s1. The minimum Gasteiger partial charge on any atom is -0.493 e. The molecular formula is C40H46N4O7. The van der Waals surface area contributed by atoms with Crippen molar-refractivity contribution >= 4 is 45.9 Å². The van der Waals surface area contributed by atoms with Gasteiger partial charge in [-0.05, 0) is 113 Å². The predicted molar refractivity (Wildman–Crippen MR) is 196 cm³/mol. The molecule has 0 aliphatic heterocycles. The Labute approximate surface area is 298 Å². The van der Waals surface area contributed by atoms with Gasteiger partial charge in [0.05, 0.1) is 24.9 Å². The van der Waals surface area contributed by atoms with Crippen LogP contribution in [0.4, 0.5) is 21.9 Å². The van der Waals surface area contributed by atoms with Crippen molar-refractivity contribution < 1.29 is 33.3 Å². The molecule has 3 N–H and O–H groups in total. The zero-order chi connectivity index (χ0) is 36.0. The van der Waals surface area contributed by atoms with Gasteiger partial charge in [0.25, 0.3) is 5.91 Å². The van der Waals surface area contributed by atoms with E-state index < -0.39 is 23.7 Å². The fourth-order valence-corrected chi connectivity index (χ4v) is 6.14. The second-order valence-electron chi connectivity index (χ2n) is 14.1. The fraction of sp³-hybridized carbons (Fsp3) is 0.400. The van der Waals surface area contributed by atoms with Gasteiger partial charge in [-0.3, -0.25) is 9.78 Å². The Hall–Kier alpha value is -5.32. The lowest BCUT2D eigenvalue weighted by molar-refractivity contribution is -0.151. The smallest absolute Gasteiger partial charge is 0.408 e. The fourth-order valence-electron chi connectivity index (χ4n) is 6.14. The molecule has 2 fully saturated rings. The number of hydrogen-bond acceptors (Lipinski definition) is 9. The molecule has 268 valence electrons. The number of benzene rings is 3. The topological polar surface area (TPSA) is 137 Å². The quantitative estimate of drug-likeness (QED) is 0.118. The number of methoxy groups -OCH3 is 1. The summed E-state index contributed by atoms with van der Waals surface area (Å²) >= 11 is 0. The van der Waals surface area contributed by atoms with Crippen LogP contribution in [0.15, 0.2) is 72.9 Å². The Morgan fingerprint density at radius 2 is 1.61 bits per heavy atom. The van der Waals surface area contributed by atoms with Gasteiger partial charge in [0.15, 0.2) is 11.5 Å². The van der Waals surface area contributed by atoms with Crippen LogP contribution in [0.2, 0.25) is 0 Å². The molecule has 0 bridgehead atoms. The highest BCUT2D eigenvalue weighted by Gasteiger charge is 2.30. The third-order valence-electron chi connectivity index (χ3n) is 8.87. The first-order valence-electron chi connectivity index (χ1n) is 17.6. The Bertz CT molecular complexity index is 1850. The van der Waals surface area contributed by atoms with Crippen molar-refractivity contribution in [3.63, 3.8) is 0 Å². The Morgan fingerprint density at radius 1 is 0.902 bits per heavy atom. The van der Waals surface area contributed by atoms with Crippen molar-refractivity contribution in [2.75, 3.05) is 24.4 Å². The molecule has 1 aromatic heterocycles. The number of nitrogens with one attached hydrogen (secondary N) is 3. The summed E-state index contributed by atoms with van der Waals surface area (Å²) in [6.45, 7) is 5.39. The molecule has 2 aliphatic carbocycles. The van der Waals surface area contributed by atoms with Crippen molar-refractivity contribution in [3.8, 4) is 11.5 Å². The number of nitrogens with zero attached hydrogens (tertiary/aromatic N) is 1. The van der Waals surface area contributed by atoms with E-state index in [0.717, 1.165) is 60.8 Å². The normalized spacial score (nSPS) is 15.1. The second kappa shape index (κ2) is 15.7. The molecule has 4 aromatic rings. The van der Waals surface area contributed by atoms with E-state index in [0.29, 0.717) is 34.2 Å². The maximum atomic E-state index is 13.1. The summed E-state index contributed by atoms with van der Waals surface area (Å²) in [4.78, 5) is 43.2. The van der Waals surface area contributed by atoms with E-state index in [-0.39, 0.29) is 25.0 Å². The molecule has 0 unspecified atom stereocenters. The zero-order valence-electron chi connectivity index (χ0n) is 29.6. The number of esters is 1. The first-order valence-corrected chi connectivity index (χ1v) is 17.6. The van der Waals surface area contributed by atoms with Gasteiger partial charge in [-0.15, -0.1) is 0 Å². The van der Waals surface area contributed by atoms with Crippen molar-refractivity contribution in [3.05, 3.63) is 84.1 Å². The molecule has 6 rings (SSSR count). The minimum atomic E-state index is -0.944. The molecule has 1 atom stereocenters. The third kappa shape index (κ3) is 9.48. The van der Waals surface area contributed by atoms with Gasteiger partial charge in [-0.1, -0.05) is 18.2 Å². The minimum absolute atomic E-state index is 0.0977. The number of amides is 2. The largest absolute Gasteiger partial charge is 0.493 e. The summed E-state index contributed by atoms with van der Waals surface area (Å²) in [5.74, 6) is 0.703. The first kappa shape index (κ1) is 35.5. The molecule has 2 saturated carbocycles. The number of anilines is 3. The molecule has 1 heterocycles. The summed E-state index contributed by atoms with van der Waals surface area (Å²) < 4.78 is 23.1. The van der Waals surface area contributed by atoms with Crippen molar-refractivity contribution in [1.29, 1.82) is 0 Å². The Kier molecular flexibility index (Phi) is 10.9. The number of pyridine rings is 1. The molecule has 0 spiro atoms. The maximum absolute atomic E-state index is 13.1. The van der Waals surface area contributed by atoms with Gasteiger partial charge in [0, 0.05) is 41.0 Å². The number of carbonyl (C=O) groups is 3. The molecule has 3 aromatic carbocycles. The van der Waals surface area contributed by atoms with Gasteiger partial charge in [0.1, 0.15) is 17.7 Å². The van der Waals surface area contributed by atoms with Gasteiger partial charge in [-0.25, -0.2) is 9.59 Å². The van der Waals surface area contributed by atoms with Crippen LogP contribution in [0.3, 0.4) is 0 Å². The SMILES string of the molecule is COc1cc2c(Nc3ccc(NC(=O)c4ccccc4)cc3)c(C3CC3)cnc2cc1OCC[C@H](NC(=O)OC(C)(C)C)C(=O)OC1CCCC1. The highest BCUT2D eigenvalue weighted by Crippen LogP contribution is 2.47. The van der Waals surface area contributed by atoms with Crippen LogP contribution < -0.4 is 25.4 Å². The van der Waals surface area contributed by atoms with E-state index >= 15 is 0 Å². The number of ether oxygens (including phenoxy) is 4. The first-order chi connectivity index (χ1) is 24.6. The average molecular weight is 695 g/mol. The van der Waals surface area contributed by atoms with E-state index in [1.165, 1.54) is 0 Å². The van der Waals surface area contributed by atoms with Crippen molar-refractivity contribution in [1.82, 2.24) is 10.3 Å². The Balaban J connectivity index is 1.18. The second-order valence-corrected chi connectivity index (χ2v) is 14.1. The van der Waals surface area contributed by atoms with Crippen molar-refractivity contribution in [2.45, 2.75) is 89.4 Å². The summed E-state index contributed by atoms with van der Waals surface area (Å²) in [7, 11) is 1.58. The van der Waals surface area contributed by atoms with Crippen molar-refractivity contribution in [2.24, 2.45) is 0 Å². The number of carbonyl (C=O) groups excluding carboxylic acids is 3. The van der Waals surface area contributed by atoms with E-state index in [1.54, 1.807) is 40.0 Å². The number of alkyl carbamates (subject to hydrolysis) is 1. The summed E-state index contributed by atoms with van der Waals surface area (Å²) in [6.07, 6.45) is 7.08. The van der Waals surface area contributed by atoms with Crippen LogP contribution in [-0.4, -0.2) is 54.4 Å². The molecule has 51 heavy (non-hydrogen) atoms. The number of fused-ring (bicyclic) bond motifs is 1. The highest BCUT2D eigenvalue weighted by molar-refractivity contribution is 6.04. The van der Waals surface area contributed by atoms with Crippen LogP contribution in [0.25, 0.3) is 10.9 Å². The van der Waals surface area contributed by atoms with E-state index in [4.69, 9.17) is 23.9 Å². The Morgan fingerprint density at radius 3 is 2.27 bits per heavy atom. The van der Waals surface area contributed by atoms with Crippen LogP contribution in [-0.2, 0) is 14.3 Å². The lowest BCUT2D eigenvalue weighted by Crippen LogP contribution is -2.45.